The highest BCUT2D eigenvalue weighted by Gasteiger charge is 2.45. The van der Waals surface area contributed by atoms with Crippen LogP contribution in [0.3, 0.4) is 0 Å². The molecule has 2 aliphatic rings. The number of benzene rings is 3. The van der Waals surface area contributed by atoms with E-state index in [1.54, 1.807) is 0 Å². The van der Waals surface area contributed by atoms with Crippen LogP contribution in [0.4, 0.5) is 11.4 Å². The number of anilines is 1. The van der Waals surface area contributed by atoms with Gasteiger partial charge in [0.25, 0.3) is 0 Å². The standard InChI is InChI=1S/C36H42N2O3S/c1-7-37-30-21-19-26(2)25-29(30)35(3,4)32(37)17-9-8-10-18-33-36(5,6)34-28-16-12-11-15-27(28)20-22-31(34)38(33)23-13-14-24-42-41-40-39/h8-12,15-22,25H,7,13-14,23-24H2,1-6H3/p+1. The van der Waals surface area contributed by atoms with Crippen LogP contribution in [0.5, 0.6) is 0 Å². The van der Waals surface area contributed by atoms with Gasteiger partial charge in [-0.25, -0.2) is 5.26 Å². The second-order valence-corrected chi connectivity index (χ2v) is 13.0. The molecule has 0 unspecified atom stereocenters. The van der Waals surface area contributed by atoms with E-state index in [0.29, 0.717) is 0 Å². The number of fused-ring (bicyclic) bond motifs is 4. The minimum atomic E-state index is -0.145. The Labute approximate surface area is 254 Å². The van der Waals surface area contributed by atoms with Gasteiger partial charge >= 0.3 is 0 Å². The van der Waals surface area contributed by atoms with Crippen molar-refractivity contribution in [1.82, 2.24) is 0 Å². The Kier molecular flexibility index (Phi) is 9.09. The predicted molar refractivity (Wildman–Crippen MR) is 177 cm³/mol. The van der Waals surface area contributed by atoms with Gasteiger partial charge in [0.1, 0.15) is 6.54 Å². The average molecular weight is 584 g/mol. The van der Waals surface area contributed by atoms with Crippen LogP contribution in [0.1, 0.15) is 64.2 Å². The molecule has 6 heteroatoms. The van der Waals surface area contributed by atoms with E-state index in [-0.39, 0.29) is 10.8 Å². The fraction of sp³-hybridized carbons (Fsp3) is 0.361. The van der Waals surface area contributed by atoms with Gasteiger partial charge in [0, 0.05) is 65.3 Å². The third kappa shape index (κ3) is 5.61. The molecule has 0 aliphatic carbocycles. The first-order chi connectivity index (χ1) is 20.2. The largest absolute Gasteiger partial charge is 0.344 e. The van der Waals surface area contributed by atoms with Crippen molar-refractivity contribution in [3.8, 4) is 0 Å². The van der Waals surface area contributed by atoms with Crippen LogP contribution in [0.25, 0.3) is 10.8 Å². The quantitative estimate of drug-likeness (QED) is 0.0609. The van der Waals surface area contributed by atoms with E-state index in [1.807, 2.05) is 0 Å². The van der Waals surface area contributed by atoms with Crippen LogP contribution in [-0.2, 0) is 20.2 Å². The Bertz CT molecular complexity index is 1580. The molecule has 0 bridgehead atoms. The second kappa shape index (κ2) is 12.6. The Balaban J connectivity index is 1.43. The van der Waals surface area contributed by atoms with E-state index in [1.165, 1.54) is 50.2 Å². The molecule has 0 saturated carbocycles. The third-order valence-electron chi connectivity index (χ3n) is 8.79. The monoisotopic (exact) mass is 583 g/mol. The normalized spacial score (nSPS) is 18.3. The highest BCUT2D eigenvalue weighted by atomic mass is 32.2. The topological polar surface area (TPSA) is 44.9 Å². The average Bonchev–Trinajstić information content (AvgIpc) is 3.32. The number of rotatable bonds is 11. The Hall–Kier alpha value is -3.16. The molecule has 2 aliphatic heterocycles. The number of nitrogens with zero attached hydrogens (tertiary/aromatic N) is 2. The van der Waals surface area contributed by atoms with Gasteiger partial charge in [-0.1, -0.05) is 79.1 Å². The SMILES string of the molecule is CCN1/C(=C/C=C/C=C/C2=[N+](CCCCSOOO)c3ccc4ccccc4c3C2(C)C)C(C)(C)c2cc(C)ccc21. The zero-order valence-corrected chi connectivity index (χ0v) is 26.5. The smallest absolute Gasteiger partial charge is 0.210 e. The van der Waals surface area contributed by atoms with E-state index in [9.17, 15) is 0 Å². The summed E-state index contributed by atoms with van der Waals surface area (Å²) < 4.78 is 7.04. The zero-order chi connectivity index (χ0) is 29.9. The molecule has 0 spiro atoms. The molecule has 0 amide bonds. The predicted octanol–water partition coefficient (Wildman–Crippen LogP) is 9.19. The number of likely N-dealkylation sites (N-methyl/N-ethyl adjacent to an activating group) is 1. The molecule has 3 aromatic rings. The van der Waals surface area contributed by atoms with Crippen LogP contribution in [0.15, 0.2) is 90.7 Å². The number of hydrogen-bond acceptors (Lipinski definition) is 5. The molecule has 0 radical (unpaired) electrons. The first kappa shape index (κ1) is 30.3. The summed E-state index contributed by atoms with van der Waals surface area (Å²) in [6.45, 7) is 15.6. The Morgan fingerprint density at radius 1 is 0.952 bits per heavy atom. The maximum absolute atomic E-state index is 8.39. The minimum Gasteiger partial charge on any atom is -0.344 e. The number of aryl methyl sites for hydroxylation is 1. The summed E-state index contributed by atoms with van der Waals surface area (Å²) in [7, 11) is 0. The van der Waals surface area contributed by atoms with Crippen molar-refractivity contribution in [3.63, 3.8) is 0 Å². The summed E-state index contributed by atoms with van der Waals surface area (Å²) in [5.41, 5.74) is 9.14. The van der Waals surface area contributed by atoms with Gasteiger partial charge in [0.2, 0.25) is 5.69 Å². The molecule has 3 aromatic carbocycles. The van der Waals surface area contributed by atoms with Crippen molar-refractivity contribution >= 4 is 39.9 Å². The molecule has 2 heterocycles. The summed E-state index contributed by atoms with van der Waals surface area (Å²) in [4.78, 5) is 2.44. The van der Waals surface area contributed by atoms with Crippen LogP contribution >= 0.6 is 12.0 Å². The number of allylic oxidation sites excluding steroid dienone is 6. The van der Waals surface area contributed by atoms with Crippen molar-refractivity contribution < 1.29 is 19.2 Å². The molecule has 0 atom stereocenters. The summed E-state index contributed by atoms with van der Waals surface area (Å²) >= 11 is 1.12. The first-order valence-corrected chi connectivity index (χ1v) is 15.8. The maximum atomic E-state index is 8.39. The lowest BCUT2D eigenvalue weighted by Gasteiger charge is -2.25. The van der Waals surface area contributed by atoms with Crippen LogP contribution in [-0.4, -0.2) is 34.4 Å². The summed E-state index contributed by atoms with van der Waals surface area (Å²) in [6.07, 6.45) is 13.0. The van der Waals surface area contributed by atoms with Gasteiger partial charge in [0.15, 0.2) is 5.71 Å². The Morgan fingerprint density at radius 3 is 2.55 bits per heavy atom. The van der Waals surface area contributed by atoms with Gasteiger partial charge in [-0.3, -0.25) is 0 Å². The van der Waals surface area contributed by atoms with Gasteiger partial charge in [-0.2, -0.15) is 4.58 Å². The molecule has 0 aromatic heterocycles. The zero-order valence-electron chi connectivity index (χ0n) is 25.7. The molecular formula is C36H43N2O3S+. The lowest BCUT2D eigenvalue weighted by molar-refractivity contribution is -0.438. The molecule has 5 rings (SSSR count). The van der Waals surface area contributed by atoms with Gasteiger partial charge in [-0.05, 0) is 68.7 Å². The summed E-state index contributed by atoms with van der Waals surface area (Å²) in [6, 6.07) is 20.0. The van der Waals surface area contributed by atoms with Crippen LogP contribution in [0.2, 0.25) is 0 Å². The lowest BCUT2D eigenvalue weighted by Crippen LogP contribution is -2.28. The van der Waals surface area contributed by atoms with E-state index in [2.05, 4.69) is 145 Å². The van der Waals surface area contributed by atoms with Gasteiger partial charge in [0.05, 0.1) is 5.41 Å². The molecule has 5 nitrogen and oxygen atoms in total. The van der Waals surface area contributed by atoms with Crippen molar-refractivity contribution in [2.45, 2.75) is 65.2 Å². The highest BCUT2D eigenvalue weighted by molar-refractivity contribution is 7.94. The van der Waals surface area contributed by atoms with E-state index in [0.717, 1.165) is 43.7 Å². The second-order valence-electron chi connectivity index (χ2n) is 12.2. The van der Waals surface area contributed by atoms with E-state index in [4.69, 9.17) is 5.26 Å². The first-order valence-electron chi connectivity index (χ1n) is 14.9. The van der Waals surface area contributed by atoms with Crippen LogP contribution < -0.4 is 4.90 Å². The van der Waals surface area contributed by atoms with Crippen molar-refractivity contribution in [2.24, 2.45) is 0 Å². The number of hydrogen-bond donors (Lipinski definition) is 1. The fourth-order valence-electron chi connectivity index (χ4n) is 6.75. The van der Waals surface area contributed by atoms with Gasteiger partial charge < -0.3 is 4.90 Å². The molecule has 0 fully saturated rings. The fourth-order valence-corrected chi connectivity index (χ4v) is 7.18. The third-order valence-corrected chi connectivity index (χ3v) is 9.40. The molecular weight excluding hydrogens is 540 g/mol. The highest BCUT2D eigenvalue weighted by Crippen LogP contribution is 2.48. The van der Waals surface area contributed by atoms with E-state index < -0.39 is 0 Å². The lowest BCUT2D eigenvalue weighted by atomic mass is 9.79. The molecule has 42 heavy (non-hydrogen) atoms. The van der Waals surface area contributed by atoms with Crippen LogP contribution in [0, 0.1) is 6.92 Å². The van der Waals surface area contributed by atoms with Crippen molar-refractivity contribution in [1.29, 1.82) is 0 Å². The van der Waals surface area contributed by atoms with Gasteiger partial charge in [-0.15, -0.1) is 4.33 Å². The Morgan fingerprint density at radius 2 is 1.76 bits per heavy atom. The summed E-state index contributed by atoms with van der Waals surface area (Å²) in [5, 5.41) is 14.7. The molecule has 0 saturated heterocycles. The van der Waals surface area contributed by atoms with Crippen molar-refractivity contribution in [2.75, 3.05) is 23.7 Å². The van der Waals surface area contributed by atoms with E-state index >= 15 is 0 Å². The van der Waals surface area contributed by atoms with Crippen molar-refractivity contribution in [3.05, 3.63) is 107 Å². The minimum absolute atomic E-state index is 0.0419. The molecule has 220 valence electrons. The maximum Gasteiger partial charge on any atom is 0.210 e. The molecule has 1 N–H and O–H groups in total. The number of unbranched alkanes of at least 4 members (excludes halogenated alkanes) is 1. The summed E-state index contributed by atoms with van der Waals surface area (Å²) in [5.74, 6) is 0.750.